The Balaban J connectivity index is 2.65. The van der Waals surface area contributed by atoms with Gasteiger partial charge >= 0.3 is 11.9 Å². The number of hydrogen-bond acceptors (Lipinski definition) is 7. The van der Waals surface area contributed by atoms with Crippen LogP contribution in [-0.4, -0.2) is 46.6 Å². The minimum absolute atomic E-state index is 0.0300. The minimum Gasteiger partial charge on any atom is -0.496 e. The van der Waals surface area contributed by atoms with Crippen molar-refractivity contribution in [2.24, 2.45) is 0 Å². The summed E-state index contributed by atoms with van der Waals surface area (Å²) < 4.78 is 21.2. The van der Waals surface area contributed by atoms with Crippen molar-refractivity contribution in [2.45, 2.75) is 6.92 Å². The van der Waals surface area contributed by atoms with Crippen LogP contribution in [0.4, 0.5) is 5.69 Å². The van der Waals surface area contributed by atoms with Crippen LogP contribution in [0.1, 0.15) is 5.56 Å². The van der Waals surface area contributed by atoms with E-state index in [9.17, 15) is 9.59 Å². The molecule has 0 fully saturated rings. The van der Waals surface area contributed by atoms with Crippen LogP contribution in [0, 0.1) is 6.92 Å². The highest BCUT2D eigenvalue weighted by atomic mass is 79.9. The van der Waals surface area contributed by atoms with Crippen molar-refractivity contribution in [2.75, 3.05) is 39.6 Å². The monoisotopic (exact) mass is 399 g/mol. The lowest BCUT2D eigenvalue weighted by Crippen LogP contribution is -2.39. The van der Waals surface area contributed by atoms with Gasteiger partial charge in [0.1, 0.15) is 18.2 Å². The van der Waals surface area contributed by atoms with Crippen LogP contribution in [0.3, 0.4) is 0 Å². The Morgan fingerprint density at radius 1 is 1.17 bits per heavy atom. The van der Waals surface area contributed by atoms with Gasteiger partial charge in [0.2, 0.25) is 0 Å². The molecule has 1 aliphatic heterocycles. The first-order valence-electron chi connectivity index (χ1n) is 7.03. The molecular weight excluding hydrogens is 382 g/mol. The summed E-state index contributed by atoms with van der Waals surface area (Å²) in [6, 6.07) is 3.62. The largest absolute Gasteiger partial charge is 0.496 e. The highest BCUT2D eigenvalue weighted by Crippen LogP contribution is 2.36. The molecule has 0 aromatic heterocycles. The Morgan fingerprint density at radius 2 is 1.83 bits per heavy atom. The first-order chi connectivity index (χ1) is 11.4. The average Bonchev–Trinajstić information content (AvgIpc) is 2.61. The SMILES string of the molecule is COC(=O)C1=C(C(=O)OC)N(c2cc(Br)cc(OC)c2C)COC1. The summed E-state index contributed by atoms with van der Waals surface area (Å²) in [6.07, 6.45) is 0. The Morgan fingerprint density at radius 3 is 2.42 bits per heavy atom. The Kier molecular flexibility index (Phi) is 5.84. The van der Waals surface area contributed by atoms with Crippen LogP contribution in [0.25, 0.3) is 0 Å². The molecule has 0 bridgehead atoms. The zero-order valence-electron chi connectivity index (χ0n) is 13.8. The van der Waals surface area contributed by atoms with E-state index in [1.165, 1.54) is 14.2 Å². The minimum atomic E-state index is -0.642. The van der Waals surface area contributed by atoms with Crippen molar-refractivity contribution in [3.8, 4) is 5.75 Å². The molecule has 2 rings (SSSR count). The summed E-state index contributed by atoms with van der Waals surface area (Å²) in [4.78, 5) is 25.9. The molecule has 1 aromatic rings. The number of anilines is 1. The molecular formula is C16H18BrNO6. The molecule has 0 aliphatic carbocycles. The summed E-state index contributed by atoms with van der Waals surface area (Å²) in [6.45, 7) is 1.91. The van der Waals surface area contributed by atoms with E-state index in [2.05, 4.69) is 15.9 Å². The van der Waals surface area contributed by atoms with Gasteiger partial charge in [-0.1, -0.05) is 15.9 Å². The van der Waals surface area contributed by atoms with Crippen LogP contribution < -0.4 is 9.64 Å². The summed E-state index contributed by atoms with van der Waals surface area (Å²) in [5, 5.41) is 0. The fourth-order valence-corrected chi connectivity index (χ4v) is 2.89. The number of methoxy groups -OCH3 is 3. The topological polar surface area (TPSA) is 74.3 Å². The fraction of sp³-hybridized carbons (Fsp3) is 0.375. The van der Waals surface area contributed by atoms with Crippen LogP contribution in [0.2, 0.25) is 0 Å². The van der Waals surface area contributed by atoms with E-state index in [-0.39, 0.29) is 24.6 Å². The van der Waals surface area contributed by atoms with Crippen molar-refractivity contribution < 1.29 is 28.5 Å². The smallest absolute Gasteiger partial charge is 0.355 e. The average molecular weight is 400 g/mol. The summed E-state index contributed by atoms with van der Waals surface area (Å²) >= 11 is 3.42. The zero-order chi connectivity index (χ0) is 17.9. The van der Waals surface area contributed by atoms with Gasteiger partial charge in [-0.2, -0.15) is 0 Å². The number of benzene rings is 1. The number of nitrogens with zero attached hydrogens (tertiary/aromatic N) is 1. The van der Waals surface area contributed by atoms with E-state index in [0.29, 0.717) is 11.4 Å². The third-order valence-corrected chi connectivity index (χ3v) is 4.10. The van der Waals surface area contributed by atoms with Crippen molar-refractivity contribution in [1.82, 2.24) is 0 Å². The van der Waals surface area contributed by atoms with Gasteiger partial charge in [-0.05, 0) is 19.1 Å². The van der Waals surface area contributed by atoms with Gasteiger partial charge in [-0.3, -0.25) is 0 Å². The van der Waals surface area contributed by atoms with Crippen molar-refractivity contribution in [3.63, 3.8) is 0 Å². The number of rotatable bonds is 4. The van der Waals surface area contributed by atoms with Crippen molar-refractivity contribution in [3.05, 3.63) is 33.4 Å². The molecule has 0 saturated heterocycles. The maximum atomic E-state index is 12.3. The molecule has 0 spiro atoms. The molecule has 0 amide bonds. The lowest BCUT2D eigenvalue weighted by molar-refractivity contribution is -0.140. The van der Waals surface area contributed by atoms with Crippen LogP contribution in [0.5, 0.6) is 5.75 Å². The standard InChI is InChI=1S/C16H18BrNO6/c1-9-12(5-10(17)6-13(9)21-2)18-8-24-7-11(15(19)22-3)14(18)16(20)23-4/h5-6H,7-8H2,1-4H3. The van der Waals surface area contributed by atoms with Crippen LogP contribution in [0.15, 0.2) is 27.9 Å². The highest BCUT2D eigenvalue weighted by Gasteiger charge is 2.33. The Labute approximate surface area is 148 Å². The molecule has 8 heteroatoms. The van der Waals surface area contributed by atoms with Crippen LogP contribution >= 0.6 is 15.9 Å². The first kappa shape index (κ1) is 18.3. The second-order valence-electron chi connectivity index (χ2n) is 4.97. The fourth-order valence-electron chi connectivity index (χ4n) is 2.47. The normalized spacial score (nSPS) is 14.5. The molecule has 0 N–H and O–H groups in total. The van der Waals surface area contributed by atoms with Crippen molar-refractivity contribution in [1.29, 1.82) is 0 Å². The number of halogens is 1. The van der Waals surface area contributed by atoms with E-state index >= 15 is 0 Å². The van der Waals surface area contributed by atoms with Gasteiger partial charge < -0.3 is 23.8 Å². The number of hydrogen-bond donors (Lipinski definition) is 0. The van der Waals surface area contributed by atoms with Gasteiger partial charge in [0.15, 0.2) is 0 Å². The van der Waals surface area contributed by atoms with E-state index in [4.69, 9.17) is 18.9 Å². The number of esters is 2. The predicted molar refractivity (Wildman–Crippen MR) is 89.8 cm³/mol. The second kappa shape index (κ2) is 7.67. The molecule has 0 radical (unpaired) electrons. The molecule has 0 atom stereocenters. The molecule has 0 saturated carbocycles. The number of carbonyl (C=O) groups excluding carboxylic acids is 2. The summed E-state index contributed by atoms with van der Waals surface area (Å²) in [7, 11) is 4.06. The van der Waals surface area contributed by atoms with Crippen molar-refractivity contribution >= 4 is 33.6 Å². The van der Waals surface area contributed by atoms with E-state index in [1.807, 2.05) is 19.1 Å². The summed E-state index contributed by atoms with van der Waals surface area (Å²) in [5.41, 5.74) is 1.65. The van der Waals surface area contributed by atoms with E-state index < -0.39 is 11.9 Å². The van der Waals surface area contributed by atoms with Gasteiger partial charge in [0, 0.05) is 10.0 Å². The third-order valence-electron chi connectivity index (χ3n) is 3.64. The zero-order valence-corrected chi connectivity index (χ0v) is 15.4. The molecule has 7 nitrogen and oxygen atoms in total. The quantitative estimate of drug-likeness (QED) is 0.718. The Bertz CT molecular complexity index is 700. The van der Waals surface area contributed by atoms with E-state index in [1.54, 1.807) is 12.0 Å². The van der Waals surface area contributed by atoms with Gasteiger partial charge in [0.05, 0.1) is 39.2 Å². The number of carbonyl (C=O) groups is 2. The van der Waals surface area contributed by atoms with Gasteiger partial charge in [-0.25, -0.2) is 9.59 Å². The lowest BCUT2D eigenvalue weighted by atomic mass is 10.1. The maximum Gasteiger partial charge on any atom is 0.355 e. The summed E-state index contributed by atoms with van der Waals surface area (Å²) in [5.74, 6) is -0.648. The predicted octanol–water partition coefficient (Wildman–Crippen LogP) is 2.16. The molecule has 1 aromatic carbocycles. The highest BCUT2D eigenvalue weighted by molar-refractivity contribution is 9.10. The Hall–Kier alpha value is -2.06. The van der Waals surface area contributed by atoms with Crippen LogP contribution in [-0.2, 0) is 23.8 Å². The number of ether oxygens (including phenoxy) is 4. The van der Waals surface area contributed by atoms with Gasteiger partial charge in [-0.15, -0.1) is 0 Å². The molecule has 130 valence electrons. The second-order valence-corrected chi connectivity index (χ2v) is 5.88. The van der Waals surface area contributed by atoms with E-state index in [0.717, 1.165) is 10.0 Å². The van der Waals surface area contributed by atoms with Gasteiger partial charge in [0.25, 0.3) is 0 Å². The maximum absolute atomic E-state index is 12.3. The lowest BCUT2D eigenvalue weighted by Gasteiger charge is -2.32. The molecule has 1 heterocycles. The molecule has 1 aliphatic rings. The molecule has 0 unspecified atom stereocenters. The third kappa shape index (κ3) is 3.39. The molecule has 24 heavy (non-hydrogen) atoms. The first-order valence-corrected chi connectivity index (χ1v) is 7.83.